The van der Waals surface area contributed by atoms with Gasteiger partial charge in [-0.3, -0.25) is 4.79 Å². The lowest BCUT2D eigenvalue weighted by Crippen LogP contribution is -2.21. The Morgan fingerprint density at radius 1 is 1.19 bits per heavy atom. The summed E-state index contributed by atoms with van der Waals surface area (Å²) in [4.78, 5) is 12.7. The molecule has 1 heterocycles. The molecule has 0 aromatic heterocycles. The number of allylic oxidation sites excluding steroid dienone is 1. The molecule has 142 valence electrons. The highest BCUT2D eigenvalue weighted by atomic mass is 16.5. The van der Waals surface area contributed by atoms with Crippen molar-refractivity contribution in [3.05, 3.63) is 58.2 Å². The molecule has 0 amide bonds. The van der Waals surface area contributed by atoms with Gasteiger partial charge in [0.2, 0.25) is 0 Å². The summed E-state index contributed by atoms with van der Waals surface area (Å²) in [5, 5.41) is 39.3. The Bertz CT molecular complexity index is 929. The van der Waals surface area contributed by atoms with Gasteiger partial charge in [0, 0.05) is 11.6 Å². The third-order valence-electron chi connectivity index (χ3n) is 4.75. The van der Waals surface area contributed by atoms with E-state index in [9.17, 15) is 20.1 Å². The van der Waals surface area contributed by atoms with Crippen LogP contribution >= 0.6 is 0 Å². The molecule has 1 unspecified atom stereocenters. The molecule has 1 aliphatic rings. The zero-order chi connectivity index (χ0) is 19.7. The Morgan fingerprint density at radius 3 is 2.59 bits per heavy atom. The van der Waals surface area contributed by atoms with Gasteiger partial charge in [-0.2, -0.15) is 0 Å². The first-order valence-corrected chi connectivity index (χ1v) is 8.65. The molecule has 2 aromatic carbocycles. The van der Waals surface area contributed by atoms with Gasteiger partial charge in [0.15, 0.2) is 5.78 Å². The summed E-state index contributed by atoms with van der Waals surface area (Å²) in [6, 6.07) is 6.12. The predicted molar refractivity (Wildman–Crippen MR) is 99.5 cm³/mol. The summed E-state index contributed by atoms with van der Waals surface area (Å²) in [6.45, 7) is 3.39. The number of ether oxygens (including phenoxy) is 1. The molecular formula is C21H22O6. The number of carbonyl (C=O) groups excluding carboxylic acids is 1. The van der Waals surface area contributed by atoms with Crippen LogP contribution in [0.1, 0.15) is 46.5 Å². The van der Waals surface area contributed by atoms with Crippen LogP contribution in [0.5, 0.6) is 23.0 Å². The maximum atomic E-state index is 12.7. The number of aryl methyl sites for hydroxylation is 1. The van der Waals surface area contributed by atoms with Crippen molar-refractivity contribution >= 4 is 5.78 Å². The Morgan fingerprint density at radius 2 is 1.93 bits per heavy atom. The molecular weight excluding hydrogens is 348 g/mol. The van der Waals surface area contributed by atoms with Crippen molar-refractivity contribution in [3.8, 4) is 23.0 Å². The number of ketones is 1. The van der Waals surface area contributed by atoms with Crippen molar-refractivity contribution < 1.29 is 30.0 Å². The number of aliphatic hydroxyl groups excluding tert-OH is 1. The number of fused-ring (bicyclic) bond motifs is 1. The minimum atomic E-state index is -0.591. The van der Waals surface area contributed by atoms with Crippen LogP contribution in [0, 0.1) is 6.92 Å². The molecule has 1 aliphatic heterocycles. The third-order valence-corrected chi connectivity index (χ3v) is 4.75. The molecule has 0 fully saturated rings. The second-order valence-corrected chi connectivity index (χ2v) is 6.79. The van der Waals surface area contributed by atoms with Crippen molar-refractivity contribution in [3.63, 3.8) is 0 Å². The molecule has 6 nitrogen and oxygen atoms in total. The van der Waals surface area contributed by atoms with Gasteiger partial charge in [-0.15, -0.1) is 0 Å². The number of hydrogen-bond acceptors (Lipinski definition) is 6. The number of Topliss-reactive ketones (excluding diaryl/α,β-unsaturated/α-hetero) is 1. The Labute approximate surface area is 157 Å². The normalized spacial score (nSPS) is 16.8. The highest BCUT2D eigenvalue weighted by Crippen LogP contribution is 2.45. The van der Waals surface area contributed by atoms with E-state index < -0.39 is 6.10 Å². The fourth-order valence-electron chi connectivity index (χ4n) is 3.13. The lowest BCUT2D eigenvalue weighted by molar-refractivity contribution is 0.0842. The molecule has 0 radical (unpaired) electrons. The Hall–Kier alpha value is -2.99. The van der Waals surface area contributed by atoms with Crippen LogP contribution in [0.4, 0.5) is 0 Å². The summed E-state index contributed by atoms with van der Waals surface area (Å²) >= 11 is 0. The summed E-state index contributed by atoms with van der Waals surface area (Å²) in [7, 11) is 0. The number of phenolic OH excluding ortho intramolecular Hbond substituents is 3. The molecule has 0 spiro atoms. The molecule has 27 heavy (non-hydrogen) atoms. The predicted octanol–water partition coefficient (Wildman–Crippen LogP) is 3.30. The average molecular weight is 370 g/mol. The second kappa shape index (κ2) is 7.32. The van der Waals surface area contributed by atoms with Crippen molar-refractivity contribution in [2.45, 2.75) is 32.8 Å². The minimum Gasteiger partial charge on any atom is -0.508 e. The first kappa shape index (κ1) is 18.8. The number of carbonyl (C=O) groups is 1. The van der Waals surface area contributed by atoms with Gasteiger partial charge in [0.05, 0.1) is 13.0 Å². The fraction of sp³-hybridized carbons (Fsp3) is 0.286. The quantitative estimate of drug-likeness (QED) is 0.615. The standard InChI is InChI=1S/C21H22O6/c1-11(10-22)3-5-14-16(24)8-17(25)20-18(26)9-19(27-21(14)20)13-4-6-15(23)12(2)7-13/h3-4,6-8,19,22-25H,5,9-10H2,1-2H3. The van der Waals surface area contributed by atoms with Crippen LogP contribution in [0.2, 0.25) is 0 Å². The van der Waals surface area contributed by atoms with Crippen LogP contribution in [0.15, 0.2) is 35.9 Å². The zero-order valence-corrected chi connectivity index (χ0v) is 15.2. The monoisotopic (exact) mass is 370 g/mol. The molecule has 0 aliphatic carbocycles. The van der Waals surface area contributed by atoms with Crippen LogP contribution in [-0.2, 0) is 6.42 Å². The van der Waals surface area contributed by atoms with E-state index in [4.69, 9.17) is 9.84 Å². The van der Waals surface area contributed by atoms with Crippen molar-refractivity contribution in [1.82, 2.24) is 0 Å². The zero-order valence-electron chi connectivity index (χ0n) is 15.2. The van der Waals surface area contributed by atoms with Gasteiger partial charge in [0.1, 0.15) is 34.7 Å². The Balaban J connectivity index is 2.06. The summed E-state index contributed by atoms with van der Waals surface area (Å²) in [5.74, 6) is -0.472. The van der Waals surface area contributed by atoms with Gasteiger partial charge in [0.25, 0.3) is 0 Å². The smallest absolute Gasteiger partial charge is 0.174 e. The topological polar surface area (TPSA) is 107 Å². The van der Waals surface area contributed by atoms with E-state index in [2.05, 4.69) is 0 Å². The minimum absolute atomic E-state index is 0.0422. The van der Waals surface area contributed by atoms with E-state index in [0.29, 0.717) is 16.7 Å². The molecule has 4 N–H and O–H groups in total. The summed E-state index contributed by atoms with van der Waals surface area (Å²) in [5.41, 5.74) is 2.54. The van der Waals surface area contributed by atoms with Crippen molar-refractivity contribution in [2.75, 3.05) is 6.61 Å². The number of rotatable bonds is 4. The van der Waals surface area contributed by atoms with Crippen LogP contribution in [0.3, 0.4) is 0 Å². The first-order chi connectivity index (χ1) is 12.8. The molecule has 0 saturated carbocycles. The number of aliphatic hydroxyl groups is 1. The second-order valence-electron chi connectivity index (χ2n) is 6.79. The van der Waals surface area contributed by atoms with Gasteiger partial charge in [-0.05, 0) is 43.5 Å². The highest BCUT2D eigenvalue weighted by molar-refractivity contribution is 6.03. The van der Waals surface area contributed by atoms with E-state index in [-0.39, 0.29) is 53.8 Å². The Kier molecular flexibility index (Phi) is 5.10. The van der Waals surface area contributed by atoms with Crippen LogP contribution in [-0.4, -0.2) is 32.8 Å². The third kappa shape index (κ3) is 3.61. The summed E-state index contributed by atoms with van der Waals surface area (Å²) < 4.78 is 6.03. The lowest BCUT2D eigenvalue weighted by atomic mass is 9.92. The number of benzene rings is 2. The molecule has 0 saturated heterocycles. The first-order valence-electron chi connectivity index (χ1n) is 8.65. The van der Waals surface area contributed by atoms with Crippen LogP contribution in [0.25, 0.3) is 0 Å². The van der Waals surface area contributed by atoms with E-state index in [1.807, 2.05) is 0 Å². The van der Waals surface area contributed by atoms with Gasteiger partial charge in [-0.25, -0.2) is 0 Å². The van der Waals surface area contributed by atoms with Crippen molar-refractivity contribution in [2.24, 2.45) is 0 Å². The van der Waals surface area contributed by atoms with Crippen LogP contribution < -0.4 is 4.74 Å². The number of hydrogen-bond donors (Lipinski definition) is 4. The molecule has 6 heteroatoms. The maximum absolute atomic E-state index is 12.7. The van der Waals surface area contributed by atoms with E-state index >= 15 is 0 Å². The number of aromatic hydroxyl groups is 3. The highest BCUT2D eigenvalue weighted by Gasteiger charge is 2.33. The number of phenols is 3. The largest absolute Gasteiger partial charge is 0.508 e. The maximum Gasteiger partial charge on any atom is 0.174 e. The summed E-state index contributed by atoms with van der Waals surface area (Å²) in [6.07, 6.45) is 1.43. The van der Waals surface area contributed by atoms with E-state index in [1.165, 1.54) is 0 Å². The van der Waals surface area contributed by atoms with E-state index in [0.717, 1.165) is 11.6 Å². The molecule has 3 rings (SSSR count). The molecule has 2 aromatic rings. The SMILES string of the molecule is CC(=CCc1c(O)cc(O)c2c1OC(c1ccc(O)c(C)c1)CC2=O)CO. The van der Waals surface area contributed by atoms with Gasteiger partial charge < -0.3 is 25.2 Å². The molecule has 1 atom stereocenters. The lowest BCUT2D eigenvalue weighted by Gasteiger charge is -2.28. The van der Waals surface area contributed by atoms with Gasteiger partial charge >= 0.3 is 0 Å². The average Bonchev–Trinajstić information content (AvgIpc) is 2.62. The molecule has 0 bridgehead atoms. The van der Waals surface area contributed by atoms with E-state index in [1.54, 1.807) is 38.1 Å². The fourth-order valence-corrected chi connectivity index (χ4v) is 3.13. The van der Waals surface area contributed by atoms with Gasteiger partial charge in [-0.1, -0.05) is 17.7 Å². The van der Waals surface area contributed by atoms with Crippen molar-refractivity contribution in [1.29, 1.82) is 0 Å².